The van der Waals surface area contributed by atoms with E-state index in [2.05, 4.69) is 20.2 Å². The fraction of sp³-hybridized carbons (Fsp3) is 0.450. The topological polar surface area (TPSA) is 58.1 Å². The Hall–Kier alpha value is -2.43. The summed E-state index contributed by atoms with van der Waals surface area (Å²) in [6.45, 7) is 2.08. The van der Waals surface area contributed by atoms with Gasteiger partial charge in [-0.15, -0.1) is 0 Å². The molecular weight excluding hydrogens is 312 g/mol. The smallest absolute Gasteiger partial charge is 0.251 e. The highest BCUT2D eigenvalue weighted by Crippen LogP contribution is 2.23. The highest BCUT2D eigenvalue weighted by atomic mass is 16.1. The van der Waals surface area contributed by atoms with Crippen molar-refractivity contribution in [2.24, 2.45) is 0 Å². The molecule has 2 heterocycles. The minimum absolute atomic E-state index is 0.0170. The number of nitrogens with one attached hydrogen (secondary N) is 1. The number of nitrogens with zero attached hydrogens (tertiary/aromatic N) is 3. The number of amides is 1. The summed E-state index contributed by atoms with van der Waals surface area (Å²) in [6, 6.07) is 8.05. The maximum atomic E-state index is 12.5. The zero-order chi connectivity index (χ0) is 17.1. The van der Waals surface area contributed by atoms with Crippen LogP contribution in [0.1, 0.15) is 48.9 Å². The second-order valence-corrected chi connectivity index (χ2v) is 7.00. The van der Waals surface area contributed by atoms with Crippen LogP contribution in [0.2, 0.25) is 0 Å². The van der Waals surface area contributed by atoms with Crippen molar-refractivity contribution in [1.29, 1.82) is 0 Å². The Morgan fingerprint density at radius 2 is 1.72 bits per heavy atom. The molecule has 1 aromatic carbocycles. The fourth-order valence-corrected chi connectivity index (χ4v) is 3.73. The number of hydrogen-bond acceptors (Lipinski definition) is 4. The summed E-state index contributed by atoms with van der Waals surface area (Å²) in [5, 5.41) is 3.14. The maximum absolute atomic E-state index is 12.5. The lowest BCUT2D eigenvalue weighted by atomic mass is 10.1. The van der Waals surface area contributed by atoms with E-state index in [9.17, 15) is 4.79 Å². The summed E-state index contributed by atoms with van der Waals surface area (Å²) in [5.41, 5.74) is 2.62. The molecule has 1 aromatic heterocycles. The number of hydrogen-bond donors (Lipinski definition) is 1. The van der Waals surface area contributed by atoms with Gasteiger partial charge in [0, 0.05) is 42.7 Å². The quantitative estimate of drug-likeness (QED) is 0.929. The molecule has 130 valence electrons. The molecular formula is C20H24N4O. The minimum atomic E-state index is 0.0170. The van der Waals surface area contributed by atoms with Gasteiger partial charge in [0.2, 0.25) is 5.95 Å². The van der Waals surface area contributed by atoms with Crippen molar-refractivity contribution < 1.29 is 4.79 Å². The van der Waals surface area contributed by atoms with Crippen molar-refractivity contribution >= 4 is 11.9 Å². The van der Waals surface area contributed by atoms with Gasteiger partial charge in [0.15, 0.2) is 0 Å². The fourth-order valence-electron chi connectivity index (χ4n) is 3.73. The largest absolute Gasteiger partial charge is 0.349 e. The molecule has 4 rings (SSSR count). The Balaban J connectivity index is 1.49. The molecule has 2 fully saturated rings. The lowest BCUT2D eigenvalue weighted by molar-refractivity contribution is 0.0938. The molecule has 5 nitrogen and oxygen atoms in total. The van der Waals surface area contributed by atoms with Gasteiger partial charge in [0.1, 0.15) is 0 Å². The van der Waals surface area contributed by atoms with Crippen LogP contribution in [0.4, 0.5) is 5.95 Å². The van der Waals surface area contributed by atoms with Crippen molar-refractivity contribution in [3.63, 3.8) is 0 Å². The van der Waals surface area contributed by atoms with Crippen LogP contribution in [0.3, 0.4) is 0 Å². The Morgan fingerprint density at radius 1 is 1.00 bits per heavy atom. The minimum Gasteiger partial charge on any atom is -0.349 e. The molecule has 1 aliphatic carbocycles. The van der Waals surface area contributed by atoms with Crippen molar-refractivity contribution in [3.05, 3.63) is 42.2 Å². The molecule has 1 saturated heterocycles. The highest BCUT2D eigenvalue weighted by molar-refractivity contribution is 5.95. The maximum Gasteiger partial charge on any atom is 0.251 e. The number of carbonyl (C=O) groups is 1. The average Bonchev–Trinajstić information content (AvgIpc) is 3.36. The average molecular weight is 336 g/mol. The Bertz CT molecular complexity index is 732. The van der Waals surface area contributed by atoms with E-state index in [1.807, 2.05) is 36.7 Å². The van der Waals surface area contributed by atoms with Gasteiger partial charge in [-0.3, -0.25) is 4.79 Å². The molecule has 5 heteroatoms. The molecule has 0 unspecified atom stereocenters. The molecule has 25 heavy (non-hydrogen) atoms. The van der Waals surface area contributed by atoms with Crippen LogP contribution in [0, 0.1) is 0 Å². The Kier molecular flexibility index (Phi) is 4.63. The van der Waals surface area contributed by atoms with Crippen LogP contribution in [-0.4, -0.2) is 35.0 Å². The molecule has 0 atom stereocenters. The van der Waals surface area contributed by atoms with Crippen LogP contribution in [0.15, 0.2) is 36.7 Å². The molecule has 2 aliphatic rings. The van der Waals surface area contributed by atoms with E-state index < -0.39 is 0 Å². The van der Waals surface area contributed by atoms with E-state index in [1.165, 1.54) is 25.7 Å². The van der Waals surface area contributed by atoms with E-state index in [0.29, 0.717) is 11.6 Å². The van der Waals surface area contributed by atoms with Crippen LogP contribution < -0.4 is 10.2 Å². The lowest BCUT2D eigenvalue weighted by Crippen LogP contribution is -2.32. The van der Waals surface area contributed by atoms with Gasteiger partial charge >= 0.3 is 0 Å². The summed E-state index contributed by atoms with van der Waals surface area (Å²) in [4.78, 5) is 23.7. The number of carbonyl (C=O) groups excluding carboxylic acids is 1. The van der Waals surface area contributed by atoms with E-state index in [0.717, 1.165) is 43.0 Å². The van der Waals surface area contributed by atoms with Gasteiger partial charge in [-0.2, -0.15) is 0 Å². The first-order chi connectivity index (χ1) is 12.3. The molecule has 2 aromatic rings. The van der Waals surface area contributed by atoms with Gasteiger partial charge in [0.05, 0.1) is 0 Å². The van der Waals surface area contributed by atoms with Gasteiger partial charge in [-0.05, 0) is 43.4 Å². The molecule has 0 spiro atoms. The molecule has 1 N–H and O–H groups in total. The summed E-state index contributed by atoms with van der Waals surface area (Å²) in [7, 11) is 0. The first-order valence-corrected chi connectivity index (χ1v) is 9.28. The van der Waals surface area contributed by atoms with Crippen molar-refractivity contribution in [2.45, 2.75) is 44.6 Å². The van der Waals surface area contributed by atoms with Gasteiger partial charge < -0.3 is 10.2 Å². The Labute approximate surface area is 148 Å². The van der Waals surface area contributed by atoms with Crippen LogP contribution in [0.5, 0.6) is 0 Å². The van der Waals surface area contributed by atoms with E-state index >= 15 is 0 Å². The highest BCUT2D eigenvalue weighted by Gasteiger charge is 2.18. The number of benzene rings is 1. The molecule has 0 radical (unpaired) electrons. The second kappa shape index (κ2) is 7.21. The molecule has 1 aliphatic heterocycles. The summed E-state index contributed by atoms with van der Waals surface area (Å²) >= 11 is 0. The molecule has 1 saturated carbocycles. The van der Waals surface area contributed by atoms with E-state index in [4.69, 9.17) is 0 Å². The predicted octanol–water partition coefficient (Wildman–Crippen LogP) is 3.42. The van der Waals surface area contributed by atoms with Gasteiger partial charge in [-0.25, -0.2) is 9.97 Å². The monoisotopic (exact) mass is 336 g/mol. The van der Waals surface area contributed by atoms with Crippen LogP contribution >= 0.6 is 0 Å². The van der Waals surface area contributed by atoms with Crippen LogP contribution in [-0.2, 0) is 0 Å². The van der Waals surface area contributed by atoms with E-state index in [1.54, 1.807) is 0 Å². The predicted molar refractivity (Wildman–Crippen MR) is 98.6 cm³/mol. The Morgan fingerprint density at radius 3 is 2.44 bits per heavy atom. The van der Waals surface area contributed by atoms with Crippen molar-refractivity contribution in [1.82, 2.24) is 15.3 Å². The third-order valence-electron chi connectivity index (χ3n) is 5.18. The SMILES string of the molecule is O=C(NC1CCCC1)c1cccc(-c2cnc(N3CCCC3)nc2)c1. The van der Waals surface area contributed by atoms with Crippen molar-refractivity contribution in [3.8, 4) is 11.1 Å². The second-order valence-electron chi connectivity index (χ2n) is 7.00. The van der Waals surface area contributed by atoms with Crippen LogP contribution in [0.25, 0.3) is 11.1 Å². The third-order valence-corrected chi connectivity index (χ3v) is 5.18. The summed E-state index contributed by atoms with van der Waals surface area (Å²) in [6.07, 6.45) is 10.8. The van der Waals surface area contributed by atoms with E-state index in [-0.39, 0.29) is 5.91 Å². The zero-order valence-corrected chi connectivity index (χ0v) is 14.4. The zero-order valence-electron chi connectivity index (χ0n) is 14.4. The summed E-state index contributed by atoms with van der Waals surface area (Å²) in [5.74, 6) is 0.819. The summed E-state index contributed by atoms with van der Waals surface area (Å²) < 4.78 is 0. The first-order valence-electron chi connectivity index (χ1n) is 9.28. The number of anilines is 1. The molecule has 1 amide bonds. The molecule has 0 bridgehead atoms. The standard InChI is InChI=1S/C20H24N4O/c25-19(23-18-8-1-2-9-18)16-7-5-6-15(12-16)17-13-21-20(22-14-17)24-10-3-4-11-24/h5-7,12-14,18H,1-4,8-11H2,(H,23,25). The number of aromatic nitrogens is 2. The van der Waals surface area contributed by atoms with Gasteiger partial charge in [0.25, 0.3) is 5.91 Å². The lowest BCUT2D eigenvalue weighted by Gasteiger charge is -2.15. The third kappa shape index (κ3) is 3.65. The number of rotatable bonds is 4. The van der Waals surface area contributed by atoms with Gasteiger partial charge in [-0.1, -0.05) is 25.0 Å². The van der Waals surface area contributed by atoms with Crippen molar-refractivity contribution in [2.75, 3.05) is 18.0 Å². The first kappa shape index (κ1) is 16.1. The normalized spacial score (nSPS) is 17.8.